The van der Waals surface area contributed by atoms with Gasteiger partial charge in [0, 0.05) is 4.47 Å². The van der Waals surface area contributed by atoms with E-state index in [-0.39, 0.29) is 11.8 Å². The lowest BCUT2D eigenvalue weighted by molar-refractivity contribution is 0.0367. The largest absolute Gasteiger partial charge is 0.458 e. The van der Waals surface area contributed by atoms with Crippen molar-refractivity contribution in [3.8, 4) is 11.1 Å². The summed E-state index contributed by atoms with van der Waals surface area (Å²) in [4.78, 5) is 12.2. The Labute approximate surface area is 154 Å². The summed E-state index contributed by atoms with van der Waals surface area (Å²) in [6.45, 7) is 7.44. The fourth-order valence-electron chi connectivity index (χ4n) is 2.67. The molecule has 130 valence electrons. The van der Waals surface area contributed by atoms with Crippen molar-refractivity contribution in [1.29, 1.82) is 0 Å². The van der Waals surface area contributed by atoms with Crippen LogP contribution in [0.5, 0.6) is 0 Å². The number of carbonyl (C=O) groups excluding carboxylic acids is 1. The number of hydrogen-bond acceptors (Lipinski definition) is 5. The fraction of sp³-hybridized carbons (Fsp3) is 0.333. The van der Waals surface area contributed by atoms with Gasteiger partial charge in [0.15, 0.2) is 11.3 Å². The van der Waals surface area contributed by atoms with Crippen LogP contribution in [0.4, 0.5) is 0 Å². The van der Waals surface area contributed by atoms with Crippen molar-refractivity contribution in [3.63, 3.8) is 0 Å². The van der Waals surface area contributed by atoms with Crippen LogP contribution in [-0.2, 0) is 11.2 Å². The van der Waals surface area contributed by atoms with E-state index in [1.807, 2.05) is 31.2 Å². The zero-order valence-corrected chi connectivity index (χ0v) is 16.2. The van der Waals surface area contributed by atoms with E-state index in [0.29, 0.717) is 11.3 Å². The minimum absolute atomic E-state index is 0.189. The van der Waals surface area contributed by atoms with E-state index in [1.54, 1.807) is 25.3 Å². The summed E-state index contributed by atoms with van der Waals surface area (Å²) in [5, 5.41) is 13.0. The van der Waals surface area contributed by atoms with Gasteiger partial charge in [-0.25, -0.2) is 9.31 Å². The molecule has 6 nitrogen and oxygen atoms in total. The third kappa shape index (κ3) is 3.28. The van der Waals surface area contributed by atoms with Crippen LogP contribution >= 0.6 is 15.9 Å². The van der Waals surface area contributed by atoms with Crippen LogP contribution in [0.1, 0.15) is 42.6 Å². The number of halogens is 1. The average molecular weight is 403 g/mol. The number of aromatic nitrogens is 4. The predicted molar refractivity (Wildman–Crippen MR) is 98.6 cm³/mol. The Morgan fingerprint density at radius 2 is 1.92 bits per heavy atom. The molecule has 0 aliphatic carbocycles. The minimum Gasteiger partial charge on any atom is -0.458 e. The molecule has 25 heavy (non-hydrogen) atoms. The molecule has 0 saturated heterocycles. The summed E-state index contributed by atoms with van der Waals surface area (Å²) in [7, 11) is 0. The van der Waals surface area contributed by atoms with E-state index in [0.717, 1.165) is 27.7 Å². The number of benzene rings is 1. The molecular formula is C18H19BrN4O2. The average Bonchev–Trinajstić information content (AvgIpc) is 2.94. The SMILES string of the molecule is CCc1nn2c(C)c(C(=O)OC(C)C)nnc2c1-c1ccc(Br)cc1. The van der Waals surface area contributed by atoms with Gasteiger partial charge in [0.2, 0.25) is 0 Å². The summed E-state index contributed by atoms with van der Waals surface area (Å²) in [5.41, 5.74) is 4.31. The number of nitrogens with zero attached hydrogens (tertiary/aromatic N) is 4. The minimum atomic E-state index is -0.486. The predicted octanol–water partition coefficient (Wildman–Crippen LogP) is 3.99. The number of ether oxygens (including phenoxy) is 1. The van der Waals surface area contributed by atoms with Crippen molar-refractivity contribution in [3.05, 3.63) is 45.8 Å². The zero-order chi connectivity index (χ0) is 18.1. The van der Waals surface area contributed by atoms with Crippen LogP contribution < -0.4 is 0 Å². The lowest BCUT2D eigenvalue weighted by Crippen LogP contribution is -2.17. The van der Waals surface area contributed by atoms with Crippen LogP contribution in [0.15, 0.2) is 28.7 Å². The first-order valence-corrected chi connectivity index (χ1v) is 8.93. The summed E-state index contributed by atoms with van der Waals surface area (Å²) >= 11 is 3.45. The van der Waals surface area contributed by atoms with Gasteiger partial charge in [0.25, 0.3) is 0 Å². The summed E-state index contributed by atoms with van der Waals surface area (Å²) in [5.74, 6) is -0.486. The number of aryl methyl sites for hydroxylation is 2. The molecule has 0 spiro atoms. The molecule has 7 heteroatoms. The van der Waals surface area contributed by atoms with Crippen LogP contribution in [0.2, 0.25) is 0 Å². The van der Waals surface area contributed by atoms with Gasteiger partial charge < -0.3 is 4.74 Å². The standard InChI is InChI=1S/C18H19BrN4O2/c1-5-14-15(12-6-8-13(19)9-7-12)17-21-20-16(11(4)23(17)22-14)18(24)25-10(2)3/h6-10H,5H2,1-4H3. The molecule has 0 atom stereocenters. The van der Waals surface area contributed by atoms with E-state index in [1.165, 1.54) is 0 Å². The van der Waals surface area contributed by atoms with E-state index < -0.39 is 5.97 Å². The fourth-order valence-corrected chi connectivity index (χ4v) is 2.93. The maximum atomic E-state index is 12.2. The monoisotopic (exact) mass is 402 g/mol. The Bertz CT molecular complexity index is 932. The third-order valence-corrected chi connectivity index (χ3v) is 4.37. The smallest absolute Gasteiger partial charge is 0.361 e. The Morgan fingerprint density at radius 3 is 2.52 bits per heavy atom. The van der Waals surface area contributed by atoms with Crippen molar-refractivity contribution < 1.29 is 9.53 Å². The number of hydrogen-bond donors (Lipinski definition) is 0. The highest BCUT2D eigenvalue weighted by Gasteiger charge is 2.22. The molecule has 0 saturated carbocycles. The molecule has 1 aromatic carbocycles. The Hall–Kier alpha value is -2.28. The van der Waals surface area contributed by atoms with E-state index >= 15 is 0 Å². The molecule has 3 rings (SSSR count). The van der Waals surface area contributed by atoms with Gasteiger partial charge in [-0.05, 0) is 44.9 Å². The Balaban J connectivity index is 2.18. The van der Waals surface area contributed by atoms with Crippen LogP contribution in [-0.4, -0.2) is 31.9 Å². The van der Waals surface area contributed by atoms with Gasteiger partial charge >= 0.3 is 5.97 Å². The van der Waals surface area contributed by atoms with Crippen LogP contribution in [0.3, 0.4) is 0 Å². The highest BCUT2D eigenvalue weighted by Crippen LogP contribution is 2.29. The first kappa shape index (κ1) is 17.5. The summed E-state index contributed by atoms with van der Waals surface area (Å²) < 4.78 is 7.93. The topological polar surface area (TPSA) is 69.4 Å². The molecule has 3 aromatic rings. The molecule has 2 heterocycles. The number of rotatable bonds is 4. The maximum Gasteiger partial charge on any atom is 0.361 e. The lowest BCUT2D eigenvalue weighted by Gasteiger charge is -2.09. The molecule has 0 unspecified atom stereocenters. The first-order chi connectivity index (χ1) is 11.9. The molecule has 0 amide bonds. The molecule has 0 radical (unpaired) electrons. The highest BCUT2D eigenvalue weighted by molar-refractivity contribution is 9.10. The highest BCUT2D eigenvalue weighted by atomic mass is 79.9. The van der Waals surface area contributed by atoms with Gasteiger partial charge in [0.05, 0.1) is 23.1 Å². The summed E-state index contributed by atoms with van der Waals surface area (Å²) in [6.07, 6.45) is 0.534. The van der Waals surface area contributed by atoms with Gasteiger partial charge in [-0.2, -0.15) is 5.10 Å². The molecular weight excluding hydrogens is 384 g/mol. The summed E-state index contributed by atoms with van der Waals surface area (Å²) in [6, 6.07) is 7.98. The van der Waals surface area contributed by atoms with E-state index in [2.05, 4.69) is 31.2 Å². The lowest BCUT2D eigenvalue weighted by atomic mass is 10.0. The molecule has 0 aliphatic heterocycles. The van der Waals surface area contributed by atoms with Gasteiger partial charge in [-0.1, -0.05) is 35.0 Å². The van der Waals surface area contributed by atoms with Gasteiger partial charge in [-0.15, -0.1) is 10.2 Å². The molecule has 2 aromatic heterocycles. The van der Waals surface area contributed by atoms with Crippen molar-refractivity contribution in [2.24, 2.45) is 0 Å². The Kier molecular flexibility index (Phi) is 4.85. The van der Waals surface area contributed by atoms with Crippen LogP contribution in [0.25, 0.3) is 16.8 Å². The quantitative estimate of drug-likeness (QED) is 0.617. The number of carbonyl (C=O) groups is 1. The zero-order valence-electron chi connectivity index (χ0n) is 14.6. The van der Waals surface area contributed by atoms with Crippen molar-refractivity contribution >= 4 is 27.5 Å². The molecule has 0 fully saturated rings. The van der Waals surface area contributed by atoms with Crippen molar-refractivity contribution in [1.82, 2.24) is 19.8 Å². The van der Waals surface area contributed by atoms with Crippen LogP contribution in [0, 0.1) is 6.92 Å². The van der Waals surface area contributed by atoms with E-state index in [9.17, 15) is 4.79 Å². The third-order valence-electron chi connectivity index (χ3n) is 3.84. The van der Waals surface area contributed by atoms with E-state index in [4.69, 9.17) is 4.74 Å². The molecule has 0 bridgehead atoms. The normalized spacial score (nSPS) is 11.3. The Morgan fingerprint density at radius 1 is 1.24 bits per heavy atom. The second kappa shape index (κ2) is 6.92. The first-order valence-electron chi connectivity index (χ1n) is 8.14. The molecule has 0 N–H and O–H groups in total. The maximum absolute atomic E-state index is 12.2. The van der Waals surface area contributed by atoms with Crippen molar-refractivity contribution in [2.45, 2.75) is 40.2 Å². The number of esters is 1. The second-order valence-corrected chi connectivity index (χ2v) is 6.92. The van der Waals surface area contributed by atoms with Crippen molar-refractivity contribution in [2.75, 3.05) is 0 Å². The second-order valence-electron chi connectivity index (χ2n) is 6.01. The van der Waals surface area contributed by atoms with Gasteiger partial charge in [0.1, 0.15) is 0 Å². The van der Waals surface area contributed by atoms with Gasteiger partial charge in [-0.3, -0.25) is 0 Å². The molecule has 0 aliphatic rings. The number of fused-ring (bicyclic) bond motifs is 1.